The van der Waals surface area contributed by atoms with Gasteiger partial charge in [-0.1, -0.05) is 12.1 Å². The Morgan fingerprint density at radius 1 is 1.36 bits per heavy atom. The number of H-pyrrole nitrogens is 1. The van der Waals surface area contributed by atoms with Gasteiger partial charge in [-0.25, -0.2) is 0 Å². The quantitative estimate of drug-likeness (QED) is 0.735. The molecule has 0 bridgehead atoms. The Morgan fingerprint density at radius 2 is 2.18 bits per heavy atom. The Morgan fingerprint density at radius 3 is 2.91 bits per heavy atom. The Labute approximate surface area is 126 Å². The molecule has 112 valence electrons. The molecule has 8 heteroatoms. The number of aryl methyl sites for hydroxylation is 1. The van der Waals surface area contributed by atoms with E-state index in [0.717, 1.165) is 17.7 Å². The monoisotopic (exact) mass is 298 g/mol. The van der Waals surface area contributed by atoms with Crippen molar-refractivity contribution in [2.45, 2.75) is 19.9 Å². The molecular weight excluding hydrogens is 284 g/mol. The van der Waals surface area contributed by atoms with Gasteiger partial charge in [-0.15, -0.1) is 0 Å². The van der Waals surface area contributed by atoms with Crippen molar-refractivity contribution in [3.05, 3.63) is 47.9 Å². The molecule has 0 fully saturated rings. The van der Waals surface area contributed by atoms with E-state index >= 15 is 0 Å². The lowest BCUT2D eigenvalue weighted by Gasteiger charge is -1.97. The summed E-state index contributed by atoms with van der Waals surface area (Å²) in [5, 5.41) is 13.3. The highest BCUT2D eigenvalue weighted by atomic mass is 16.5. The second kappa shape index (κ2) is 6.17. The van der Waals surface area contributed by atoms with Gasteiger partial charge in [-0.2, -0.15) is 10.1 Å². The molecule has 0 saturated heterocycles. The number of rotatable bonds is 5. The van der Waals surface area contributed by atoms with Crippen LogP contribution in [0.15, 0.2) is 35.1 Å². The predicted molar refractivity (Wildman–Crippen MR) is 76.7 cm³/mol. The predicted octanol–water partition coefficient (Wildman–Crippen LogP) is 1.35. The molecule has 0 saturated carbocycles. The van der Waals surface area contributed by atoms with Gasteiger partial charge in [0.05, 0.1) is 6.54 Å². The van der Waals surface area contributed by atoms with E-state index in [4.69, 9.17) is 4.52 Å². The van der Waals surface area contributed by atoms with Crippen LogP contribution in [0.4, 0.5) is 0 Å². The maximum atomic E-state index is 11.9. The summed E-state index contributed by atoms with van der Waals surface area (Å²) in [6, 6.07) is 5.28. The van der Waals surface area contributed by atoms with Crippen LogP contribution in [0.2, 0.25) is 0 Å². The summed E-state index contributed by atoms with van der Waals surface area (Å²) in [5.74, 6) is 0.491. The SMILES string of the molecule is CCc1cc(C(=O)NCc2nc(-c3ccncc3)no2)n[nH]1. The third-order valence-corrected chi connectivity index (χ3v) is 3.05. The first kappa shape index (κ1) is 13.9. The van der Waals surface area contributed by atoms with Crippen LogP contribution in [0.3, 0.4) is 0 Å². The number of aromatic nitrogens is 5. The van der Waals surface area contributed by atoms with Crippen LogP contribution >= 0.6 is 0 Å². The largest absolute Gasteiger partial charge is 0.342 e. The molecule has 0 spiro atoms. The highest BCUT2D eigenvalue weighted by Gasteiger charge is 2.12. The molecule has 2 N–H and O–H groups in total. The topological polar surface area (TPSA) is 110 Å². The molecule has 0 aliphatic heterocycles. The van der Waals surface area contributed by atoms with Gasteiger partial charge in [0, 0.05) is 23.7 Å². The minimum atomic E-state index is -0.292. The highest BCUT2D eigenvalue weighted by molar-refractivity contribution is 5.92. The zero-order chi connectivity index (χ0) is 15.4. The number of amides is 1. The van der Waals surface area contributed by atoms with Gasteiger partial charge in [-0.3, -0.25) is 14.9 Å². The molecule has 0 aliphatic carbocycles. The van der Waals surface area contributed by atoms with Gasteiger partial charge in [0.25, 0.3) is 5.91 Å². The second-order valence-electron chi connectivity index (χ2n) is 4.56. The summed E-state index contributed by atoms with van der Waals surface area (Å²) in [7, 11) is 0. The molecular formula is C14H14N6O2. The van der Waals surface area contributed by atoms with E-state index in [9.17, 15) is 4.79 Å². The van der Waals surface area contributed by atoms with Crippen LogP contribution in [-0.4, -0.2) is 31.2 Å². The van der Waals surface area contributed by atoms with Gasteiger partial charge in [0.15, 0.2) is 0 Å². The maximum Gasteiger partial charge on any atom is 0.272 e. The fraction of sp³-hybridized carbons (Fsp3) is 0.214. The summed E-state index contributed by atoms with van der Waals surface area (Å²) < 4.78 is 5.11. The molecule has 0 unspecified atom stereocenters. The fourth-order valence-corrected chi connectivity index (χ4v) is 1.85. The van der Waals surface area contributed by atoms with E-state index in [0.29, 0.717) is 17.4 Å². The Bertz CT molecular complexity index is 765. The number of aromatic amines is 1. The molecule has 0 aliphatic rings. The lowest BCUT2D eigenvalue weighted by atomic mass is 10.2. The number of hydrogen-bond acceptors (Lipinski definition) is 6. The first-order chi connectivity index (χ1) is 10.8. The first-order valence-corrected chi connectivity index (χ1v) is 6.81. The normalized spacial score (nSPS) is 10.6. The standard InChI is InChI=1S/C14H14N6O2/c1-2-10-7-11(19-18-10)14(21)16-8-12-17-13(20-22-12)9-3-5-15-6-4-9/h3-7H,2,8H2,1H3,(H,16,21)(H,18,19). The van der Waals surface area contributed by atoms with E-state index in [2.05, 4.69) is 30.6 Å². The van der Waals surface area contributed by atoms with Gasteiger partial charge in [-0.05, 0) is 24.6 Å². The molecule has 0 atom stereocenters. The Hall–Kier alpha value is -3.03. The van der Waals surface area contributed by atoms with Gasteiger partial charge in [0.1, 0.15) is 5.69 Å². The molecule has 3 rings (SSSR count). The second-order valence-corrected chi connectivity index (χ2v) is 4.56. The fourth-order valence-electron chi connectivity index (χ4n) is 1.85. The molecule has 3 aromatic heterocycles. The number of carbonyl (C=O) groups is 1. The minimum Gasteiger partial charge on any atom is -0.342 e. The average Bonchev–Trinajstić information content (AvgIpc) is 3.22. The van der Waals surface area contributed by atoms with Crippen LogP contribution in [-0.2, 0) is 13.0 Å². The van der Waals surface area contributed by atoms with Crippen LogP contribution in [0.25, 0.3) is 11.4 Å². The maximum absolute atomic E-state index is 11.9. The summed E-state index contributed by atoms with van der Waals surface area (Å²) in [5.41, 5.74) is 2.05. The molecule has 0 aromatic carbocycles. The molecule has 0 radical (unpaired) electrons. The zero-order valence-electron chi connectivity index (χ0n) is 11.9. The lowest BCUT2D eigenvalue weighted by molar-refractivity contribution is 0.0941. The lowest BCUT2D eigenvalue weighted by Crippen LogP contribution is -2.23. The number of nitrogens with zero attached hydrogens (tertiary/aromatic N) is 4. The summed E-state index contributed by atoms with van der Waals surface area (Å²) in [6.07, 6.45) is 4.09. The Balaban J connectivity index is 1.62. The molecule has 3 heterocycles. The van der Waals surface area contributed by atoms with Crippen molar-refractivity contribution >= 4 is 5.91 Å². The molecule has 3 aromatic rings. The Kier molecular flexibility index (Phi) is 3.90. The van der Waals surface area contributed by atoms with Crippen molar-refractivity contribution in [2.75, 3.05) is 0 Å². The van der Waals surface area contributed by atoms with Crippen molar-refractivity contribution in [1.82, 2.24) is 30.6 Å². The van der Waals surface area contributed by atoms with E-state index in [1.807, 2.05) is 6.92 Å². The van der Waals surface area contributed by atoms with Crippen molar-refractivity contribution in [3.63, 3.8) is 0 Å². The third-order valence-electron chi connectivity index (χ3n) is 3.05. The first-order valence-electron chi connectivity index (χ1n) is 6.81. The van der Waals surface area contributed by atoms with Crippen molar-refractivity contribution in [1.29, 1.82) is 0 Å². The average molecular weight is 298 g/mol. The highest BCUT2D eigenvalue weighted by Crippen LogP contribution is 2.13. The molecule has 8 nitrogen and oxygen atoms in total. The number of hydrogen-bond donors (Lipinski definition) is 2. The van der Waals surface area contributed by atoms with Crippen LogP contribution in [0.5, 0.6) is 0 Å². The van der Waals surface area contributed by atoms with Crippen LogP contribution < -0.4 is 5.32 Å². The van der Waals surface area contributed by atoms with Crippen LogP contribution in [0, 0.1) is 0 Å². The minimum absolute atomic E-state index is 0.144. The van der Waals surface area contributed by atoms with Crippen molar-refractivity contribution in [3.8, 4) is 11.4 Å². The summed E-state index contributed by atoms with van der Waals surface area (Å²) in [4.78, 5) is 20.1. The zero-order valence-corrected chi connectivity index (χ0v) is 11.9. The van der Waals surface area contributed by atoms with Gasteiger partial charge >= 0.3 is 0 Å². The van der Waals surface area contributed by atoms with E-state index in [-0.39, 0.29) is 12.5 Å². The summed E-state index contributed by atoms with van der Waals surface area (Å²) >= 11 is 0. The number of nitrogens with one attached hydrogen (secondary N) is 2. The van der Waals surface area contributed by atoms with Crippen molar-refractivity contribution < 1.29 is 9.32 Å². The van der Waals surface area contributed by atoms with Crippen LogP contribution in [0.1, 0.15) is 29.0 Å². The van der Waals surface area contributed by atoms with Crippen molar-refractivity contribution in [2.24, 2.45) is 0 Å². The third kappa shape index (κ3) is 3.00. The van der Waals surface area contributed by atoms with E-state index in [1.165, 1.54) is 0 Å². The van der Waals surface area contributed by atoms with Gasteiger partial charge in [0.2, 0.25) is 11.7 Å². The number of carbonyl (C=O) groups excluding carboxylic acids is 1. The van der Waals surface area contributed by atoms with E-state index < -0.39 is 0 Å². The molecule has 1 amide bonds. The van der Waals surface area contributed by atoms with Gasteiger partial charge < -0.3 is 9.84 Å². The smallest absolute Gasteiger partial charge is 0.272 e. The molecule has 22 heavy (non-hydrogen) atoms. The summed E-state index contributed by atoms with van der Waals surface area (Å²) in [6.45, 7) is 2.12. The van der Waals surface area contributed by atoms with E-state index in [1.54, 1.807) is 30.6 Å². The number of pyridine rings is 1.